The van der Waals surface area contributed by atoms with Crippen LogP contribution >= 0.6 is 0 Å². The number of hydrogen-bond donors (Lipinski definition) is 1. The minimum Gasteiger partial charge on any atom is -0.481 e. The van der Waals surface area contributed by atoms with Crippen LogP contribution in [0, 0.1) is 5.92 Å². The van der Waals surface area contributed by atoms with E-state index in [0.29, 0.717) is 25.5 Å². The monoisotopic (exact) mass is 223 g/mol. The highest BCUT2D eigenvalue weighted by atomic mass is 16.5. The van der Waals surface area contributed by atoms with Gasteiger partial charge in [-0.15, -0.1) is 0 Å². The van der Waals surface area contributed by atoms with E-state index in [0.717, 1.165) is 5.69 Å². The average molecular weight is 223 g/mol. The fraction of sp³-hybridized carbons (Fsp3) is 0.500. The van der Waals surface area contributed by atoms with E-state index in [2.05, 4.69) is 9.97 Å². The number of ether oxygens (including phenoxy) is 1. The number of nitrogens with zero attached hydrogens (tertiary/aromatic N) is 3. The number of aromatic nitrogens is 2. The summed E-state index contributed by atoms with van der Waals surface area (Å²) in [6, 6.07) is 0. The molecular weight excluding hydrogens is 210 g/mol. The lowest BCUT2D eigenvalue weighted by Gasteiger charge is -2.36. The van der Waals surface area contributed by atoms with E-state index < -0.39 is 5.97 Å². The lowest BCUT2D eigenvalue weighted by Crippen LogP contribution is -2.49. The number of rotatable bonds is 4. The van der Waals surface area contributed by atoms with Gasteiger partial charge in [0, 0.05) is 32.0 Å². The molecule has 0 spiro atoms. The van der Waals surface area contributed by atoms with Crippen LogP contribution in [0.4, 0.5) is 0 Å². The molecule has 6 heteroatoms. The molecule has 6 nitrogen and oxygen atoms in total. The van der Waals surface area contributed by atoms with Crippen molar-refractivity contribution in [2.75, 3.05) is 20.2 Å². The smallest absolute Gasteiger partial charge is 0.309 e. The predicted octanol–water partition coefficient (Wildman–Crippen LogP) is 0.00160. The first-order valence-corrected chi connectivity index (χ1v) is 4.99. The summed E-state index contributed by atoms with van der Waals surface area (Å²) < 4.78 is 5.07. The third-order valence-electron chi connectivity index (χ3n) is 2.61. The second-order valence-corrected chi connectivity index (χ2v) is 3.74. The maximum Gasteiger partial charge on any atom is 0.309 e. The Morgan fingerprint density at radius 3 is 2.88 bits per heavy atom. The summed E-state index contributed by atoms with van der Waals surface area (Å²) in [4.78, 5) is 20.8. The molecule has 0 aliphatic carbocycles. The molecule has 0 atom stereocenters. The van der Waals surface area contributed by atoms with Gasteiger partial charge in [0.15, 0.2) is 0 Å². The second kappa shape index (κ2) is 4.44. The van der Waals surface area contributed by atoms with Crippen LogP contribution in [0.1, 0.15) is 5.69 Å². The minimum absolute atomic E-state index is 0.248. The highest BCUT2D eigenvalue weighted by Gasteiger charge is 2.32. The van der Waals surface area contributed by atoms with Crippen molar-refractivity contribution in [1.29, 1.82) is 0 Å². The quantitative estimate of drug-likeness (QED) is 0.774. The molecule has 1 aromatic rings. The Kier molecular flexibility index (Phi) is 3.00. The molecule has 2 rings (SSSR count). The molecule has 1 aromatic heterocycles. The van der Waals surface area contributed by atoms with Crippen molar-refractivity contribution in [2.24, 2.45) is 5.92 Å². The maximum absolute atomic E-state index is 10.6. The maximum atomic E-state index is 10.6. The van der Waals surface area contributed by atoms with Crippen LogP contribution < -0.4 is 4.74 Å². The van der Waals surface area contributed by atoms with Gasteiger partial charge in [0.2, 0.25) is 5.88 Å². The van der Waals surface area contributed by atoms with Crippen LogP contribution in [-0.2, 0) is 11.3 Å². The van der Waals surface area contributed by atoms with Crippen LogP contribution in [0.3, 0.4) is 0 Å². The summed E-state index contributed by atoms with van der Waals surface area (Å²) in [6.07, 6.45) is 3.17. The van der Waals surface area contributed by atoms with E-state index >= 15 is 0 Å². The van der Waals surface area contributed by atoms with Crippen molar-refractivity contribution in [1.82, 2.24) is 14.9 Å². The van der Waals surface area contributed by atoms with Gasteiger partial charge in [-0.2, -0.15) is 0 Å². The lowest BCUT2D eigenvalue weighted by atomic mass is 10.0. The first-order chi connectivity index (χ1) is 7.70. The molecule has 86 valence electrons. The van der Waals surface area contributed by atoms with Gasteiger partial charge < -0.3 is 9.84 Å². The Morgan fingerprint density at radius 2 is 2.25 bits per heavy atom. The van der Waals surface area contributed by atoms with Gasteiger partial charge in [0.05, 0.1) is 13.0 Å². The molecular formula is C10H13N3O3. The number of methoxy groups -OCH3 is 1. The number of hydrogen-bond acceptors (Lipinski definition) is 5. The van der Waals surface area contributed by atoms with Gasteiger partial charge in [-0.25, -0.2) is 4.98 Å². The third-order valence-corrected chi connectivity index (χ3v) is 2.61. The Morgan fingerprint density at radius 1 is 1.56 bits per heavy atom. The highest BCUT2D eigenvalue weighted by molar-refractivity contribution is 5.71. The normalized spacial score (nSPS) is 16.8. The Balaban J connectivity index is 1.93. The average Bonchev–Trinajstić information content (AvgIpc) is 2.22. The fourth-order valence-corrected chi connectivity index (χ4v) is 1.70. The summed E-state index contributed by atoms with van der Waals surface area (Å²) in [7, 11) is 1.55. The summed E-state index contributed by atoms with van der Waals surface area (Å²) >= 11 is 0. The Bertz CT molecular complexity index is 391. The van der Waals surface area contributed by atoms with E-state index in [-0.39, 0.29) is 5.92 Å². The summed E-state index contributed by atoms with van der Waals surface area (Å²) in [6.45, 7) is 1.71. The number of carboxylic acid groups (broad SMARTS) is 1. The van der Waals surface area contributed by atoms with Gasteiger partial charge >= 0.3 is 5.97 Å². The van der Waals surface area contributed by atoms with E-state index in [1.54, 1.807) is 19.5 Å². The molecule has 0 unspecified atom stereocenters. The fourth-order valence-electron chi connectivity index (χ4n) is 1.70. The van der Waals surface area contributed by atoms with Crippen molar-refractivity contribution in [3.63, 3.8) is 0 Å². The number of carboxylic acids is 1. The minimum atomic E-state index is -0.734. The van der Waals surface area contributed by atoms with E-state index in [1.807, 2.05) is 4.90 Å². The number of likely N-dealkylation sites (tertiary alicyclic amines) is 1. The number of aliphatic carboxylic acids is 1. The van der Waals surface area contributed by atoms with Crippen LogP contribution in [0.5, 0.6) is 5.88 Å². The first kappa shape index (κ1) is 10.8. The summed E-state index contributed by atoms with van der Waals surface area (Å²) in [5, 5.41) is 8.74. The molecule has 1 fully saturated rings. The zero-order valence-corrected chi connectivity index (χ0v) is 8.96. The standard InChI is InChI=1S/C10H13N3O3/c1-16-9-8(11-2-3-12-9)6-13-4-7(5-13)10(14)15/h2-3,7H,4-6H2,1H3,(H,14,15). The molecule has 0 radical (unpaired) electrons. The van der Waals surface area contributed by atoms with Crippen molar-refractivity contribution < 1.29 is 14.6 Å². The molecule has 16 heavy (non-hydrogen) atoms. The van der Waals surface area contributed by atoms with Crippen LogP contribution in [-0.4, -0.2) is 46.1 Å². The van der Waals surface area contributed by atoms with Gasteiger partial charge in [0.25, 0.3) is 0 Å². The van der Waals surface area contributed by atoms with E-state index in [4.69, 9.17) is 9.84 Å². The van der Waals surface area contributed by atoms with Crippen molar-refractivity contribution >= 4 is 5.97 Å². The second-order valence-electron chi connectivity index (χ2n) is 3.74. The molecule has 0 saturated carbocycles. The van der Waals surface area contributed by atoms with Gasteiger partial charge in [-0.3, -0.25) is 14.7 Å². The van der Waals surface area contributed by atoms with E-state index in [1.165, 1.54) is 0 Å². The first-order valence-electron chi connectivity index (χ1n) is 4.99. The zero-order valence-electron chi connectivity index (χ0n) is 8.96. The lowest BCUT2D eigenvalue weighted by molar-refractivity contribution is -0.147. The van der Waals surface area contributed by atoms with Gasteiger partial charge in [-0.1, -0.05) is 0 Å². The largest absolute Gasteiger partial charge is 0.481 e. The Labute approximate surface area is 92.9 Å². The predicted molar refractivity (Wildman–Crippen MR) is 55.0 cm³/mol. The molecule has 1 N–H and O–H groups in total. The van der Waals surface area contributed by atoms with Crippen molar-refractivity contribution in [2.45, 2.75) is 6.54 Å². The summed E-state index contributed by atoms with van der Waals surface area (Å²) in [5.74, 6) is -0.480. The third kappa shape index (κ3) is 2.11. The van der Waals surface area contributed by atoms with Crippen molar-refractivity contribution in [3.8, 4) is 5.88 Å². The molecule has 2 heterocycles. The van der Waals surface area contributed by atoms with Gasteiger partial charge in [0.1, 0.15) is 5.69 Å². The van der Waals surface area contributed by atoms with Crippen molar-refractivity contribution in [3.05, 3.63) is 18.1 Å². The summed E-state index contributed by atoms with van der Waals surface area (Å²) in [5.41, 5.74) is 0.744. The molecule has 0 bridgehead atoms. The molecule has 0 aromatic carbocycles. The molecule has 1 saturated heterocycles. The Hall–Kier alpha value is -1.69. The van der Waals surface area contributed by atoms with E-state index in [9.17, 15) is 4.79 Å². The van der Waals surface area contributed by atoms with Crippen LogP contribution in [0.15, 0.2) is 12.4 Å². The van der Waals surface area contributed by atoms with Gasteiger partial charge in [-0.05, 0) is 0 Å². The molecule has 1 aliphatic rings. The molecule has 1 aliphatic heterocycles. The zero-order chi connectivity index (χ0) is 11.5. The number of carbonyl (C=O) groups is 1. The topological polar surface area (TPSA) is 75.6 Å². The van der Waals surface area contributed by atoms with Crippen LogP contribution in [0.2, 0.25) is 0 Å². The van der Waals surface area contributed by atoms with Crippen LogP contribution in [0.25, 0.3) is 0 Å². The SMILES string of the molecule is COc1nccnc1CN1CC(C(=O)O)C1. The molecule has 0 amide bonds. The highest BCUT2D eigenvalue weighted by Crippen LogP contribution is 2.20.